The van der Waals surface area contributed by atoms with Gasteiger partial charge in [0.2, 0.25) is 5.88 Å². The van der Waals surface area contributed by atoms with Crippen LogP contribution in [0.5, 0.6) is 11.6 Å². The normalized spacial score (nSPS) is 18.3. The van der Waals surface area contributed by atoms with E-state index in [0.29, 0.717) is 17.1 Å². The van der Waals surface area contributed by atoms with E-state index in [2.05, 4.69) is 16.4 Å². The van der Waals surface area contributed by atoms with E-state index in [1.807, 2.05) is 19.9 Å². The molecule has 1 fully saturated rings. The first-order valence-electron chi connectivity index (χ1n) is 8.71. The second-order valence-electron chi connectivity index (χ2n) is 7.35. The molecular formula is C20H22N4O3. The average molecular weight is 366 g/mol. The van der Waals surface area contributed by atoms with Gasteiger partial charge in [-0.3, -0.25) is 0 Å². The third kappa shape index (κ3) is 3.57. The van der Waals surface area contributed by atoms with Crippen LogP contribution in [0.25, 0.3) is 0 Å². The van der Waals surface area contributed by atoms with Gasteiger partial charge in [0.25, 0.3) is 0 Å². The molecule has 1 unspecified atom stereocenters. The van der Waals surface area contributed by atoms with E-state index in [1.54, 1.807) is 44.2 Å². The predicted molar refractivity (Wildman–Crippen MR) is 101 cm³/mol. The molecule has 2 aromatic rings. The van der Waals surface area contributed by atoms with Crippen LogP contribution in [0.15, 0.2) is 36.4 Å². The SMILES string of the molecule is CC(C)c1cc(Oc2cccc(N3C(=O)NC(C)(C)C3O)n2)ccc1C#N. The van der Waals surface area contributed by atoms with Crippen molar-refractivity contribution in [3.05, 3.63) is 47.5 Å². The Kier molecular flexibility index (Phi) is 4.77. The summed E-state index contributed by atoms with van der Waals surface area (Å²) < 4.78 is 5.83. The minimum atomic E-state index is -1.05. The Morgan fingerprint density at radius 2 is 2.07 bits per heavy atom. The summed E-state index contributed by atoms with van der Waals surface area (Å²) in [7, 11) is 0. The van der Waals surface area contributed by atoms with Gasteiger partial charge in [0, 0.05) is 6.07 Å². The molecule has 1 saturated heterocycles. The fourth-order valence-corrected chi connectivity index (χ4v) is 2.96. The number of aliphatic hydroxyl groups is 1. The summed E-state index contributed by atoms with van der Waals surface area (Å²) >= 11 is 0. The maximum atomic E-state index is 12.2. The lowest BCUT2D eigenvalue weighted by atomic mass is 9.98. The highest BCUT2D eigenvalue weighted by Crippen LogP contribution is 2.30. The first kappa shape index (κ1) is 18.7. The number of benzene rings is 1. The molecule has 0 saturated carbocycles. The van der Waals surface area contributed by atoms with Crippen LogP contribution in [0, 0.1) is 11.3 Å². The van der Waals surface area contributed by atoms with E-state index in [0.717, 1.165) is 5.56 Å². The van der Waals surface area contributed by atoms with Crippen molar-refractivity contribution in [1.29, 1.82) is 5.26 Å². The summed E-state index contributed by atoms with van der Waals surface area (Å²) in [6.45, 7) is 7.49. The minimum absolute atomic E-state index is 0.174. The number of rotatable bonds is 4. The molecule has 1 aromatic heterocycles. The number of nitrogens with zero attached hydrogens (tertiary/aromatic N) is 3. The van der Waals surface area contributed by atoms with Gasteiger partial charge in [-0.15, -0.1) is 0 Å². The Hall–Kier alpha value is -3.11. The van der Waals surface area contributed by atoms with Gasteiger partial charge in [-0.05, 0) is 49.6 Å². The molecule has 0 bridgehead atoms. The van der Waals surface area contributed by atoms with Crippen molar-refractivity contribution in [3.8, 4) is 17.7 Å². The summed E-state index contributed by atoms with van der Waals surface area (Å²) in [5.41, 5.74) is 0.718. The van der Waals surface area contributed by atoms with Gasteiger partial charge >= 0.3 is 6.03 Å². The molecule has 1 aliphatic heterocycles. The van der Waals surface area contributed by atoms with Gasteiger partial charge in [-0.1, -0.05) is 19.9 Å². The lowest BCUT2D eigenvalue weighted by Crippen LogP contribution is -2.44. The average Bonchev–Trinajstić information content (AvgIpc) is 2.82. The van der Waals surface area contributed by atoms with E-state index < -0.39 is 17.8 Å². The quantitative estimate of drug-likeness (QED) is 0.863. The van der Waals surface area contributed by atoms with Crippen molar-refractivity contribution >= 4 is 11.8 Å². The van der Waals surface area contributed by atoms with Gasteiger partial charge < -0.3 is 15.2 Å². The number of hydrogen-bond acceptors (Lipinski definition) is 5. The zero-order chi connectivity index (χ0) is 19.8. The monoisotopic (exact) mass is 366 g/mol. The van der Waals surface area contributed by atoms with E-state index in [4.69, 9.17) is 4.74 Å². The number of carbonyl (C=O) groups is 1. The standard InChI is InChI=1S/C20H22N4O3/c1-12(2)15-10-14(9-8-13(15)11-21)27-17-7-5-6-16(22-17)24-18(25)20(3,4)23-19(24)26/h5-10,12,18,25H,1-4H3,(H,23,26). The number of urea groups is 1. The highest BCUT2D eigenvalue weighted by molar-refractivity contribution is 5.94. The number of anilines is 1. The zero-order valence-electron chi connectivity index (χ0n) is 15.7. The second-order valence-corrected chi connectivity index (χ2v) is 7.35. The fraction of sp³-hybridized carbons (Fsp3) is 0.350. The Morgan fingerprint density at radius 1 is 1.33 bits per heavy atom. The van der Waals surface area contributed by atoms with E-state index >= 15 is 0 Å². The van der Waals surface area contributed by atoms with Crippen LogP contribution >= 0.6 is 0 Å². The van der Waals surface area contributed by atoms with Gasteiger partial charge in [0.15, 0.2) is 6.23 Å². The Morgan fingerprint density at radius 3 is 2.67 bits per heavy atom. The molecule has 7 heteroatoms. The molecule has 0 spiro atoms. The van der Waals surface area contributed by atoms with Crippen LogP contribution in [0.4, 0.5) is 10.6 Å². The van der Waals surface area contributed by atoms with Gasteiger partial charge in [-0.2, -0.15) is 10.2 Å². The molecule has 0 radical (unpaired) electrons. The highest BCUT2D eigenvalue weighted by atomic mass is 16.5. The lowest BCUT2D eigenvalue weighted by molar-refractivity contribution is 0.119. The molecule has 2 N–H and O–H groups in total. The summed E-state index contributed by atoms with van der Waals surface area (Å²) in [5.74, 6) is 1.31. The van der Waals surface area contributed by atoms with Crippen molar-refractivity contribution in [3.63, 3.8) is 0 Å². The Bertz CT molecular complexity index is 918. The number of aliphatic hydroxyl groups excluding tert-OH is 1. The maximum Gasteiger partial charge on any atom is 0.325 e. The molecule has 0 aliphatic carbocycles. The smallest absolute Gasteiger partial charge is 0.325 e. The summed E-state index contributed by atoms with van der Waals surface area (Å²) in [5, 5.41) is 22.4. The Labute approximate surface area is 158 Å². The van der Waals surface area contributed by atoms with E-state index in [-0.39, 0.29) is 11.8 Å². The zero-order valence-corrected chi connectivity index (χ0v) is 15.7. The topological polar surface area (TPSA) is 98.5 Å². The van der Waals surface area contributed by atoms with Crippen LogP contribution in [0.3, 0.4) is 0 Å². The second kappa shape index (κ2) is 6.89. The third-order valence-corrected chi connectivity index (χ3v) is 4.48. The molecule has 2 heterocycles. The predicted octanol–water partition coefficient (Wildman–Crippen LogP) is 3.50. The van der Waals surface area contributed by atoms with Crippen molar-refractivity contribution in [1.82, 2.24) is 10.3 Å². The van der Waals surface area contributed by atoms with Crippen molar-refractivity contribution in [2.45, 2.75) is 45.4 Å². The molecule has 3 rings (SSSR count). The lowest BCUT2D eigenvalue weighted by Gasteiger charge is -2.25. The molecule has 1 atom stereocenters. The van der Waals surface area contributed by atoms with E-state index in [9.17, 15) is 15.2 Å². The van der Waals surface area contributed by atoms with Crippen LogP contribution in [0.2, 0.25) is 0 Å². The van der Waals surface area contributed by atoms with Crippen molar-refractivity contribution < 1.29 is 14.6 Å². The van der Waals surface area contributed by atoms with Crippen molar-refractivity contribution in [2.75, 3.05) is 4.90 Å². The number of pyridine rings is 1. The van der Waals surface area contributed by atoms with Crippen LogP contribution in [-0.2, 0) is 0 Å². The number of hydrogen-bond donors (Lipinski definition) is 2. The highest BCUT2D eigenvalue weighted by Gasteiger charge is 2.45. The summed E-state index contributed by atoms with van der Waals surface area (Å²) in [6.07, 6.45) is -1.05. The van der Waals surface area contributed by atoms with Crippen molar-refractivity contribution in [2.24, 2.45) is 0 Å². The van der Waals surface area contributed by atoms with Gasteiger partial charge in [-0.25, -0.2) is 9.69 Å². The molecular weight excluding hydrogens is 344 g/mol. The molecule has 7 nitrogen and oxygen atoms in total. The van der Waals surface area contributed by atoms with Gasteiger partial charge in [0.1, 0.15) is 11.6 Å². The largest absolute Gasteiger partial charge is 0.439 e. The van der Waals surface area contributed by atoms with Gasteiger partial charge in [0.05, 0.1) is 17.2 Å². The van der Waals surface area contributed by atoms with Crippen LogP contribution in [-0.4, -0.2) is 27.9 Å². The molecule has 2 amide bonds. The summed E-state index contributed by atoms with van der Waals surface area (Å²) in [4.78, 5) is 17.8. The third-order valence-electron chi connectivity index (χ3n) is 4.48. The maximum absolute atomic E-state index is 12.2. The summed E-state index contributed by atoms with van der Waals surface area (Å²) in [6, 6.07) is 12.0. The number of ether oxygens (including phenoxy) is 1. The number of nitriles is 1. The Balaban J connectivity index is 1.88. The fourth-order valence-electron chi connectivity index (χ4n) is 2.96. The van der Waals surface area contributed by atoms with Crippen LogP contribution < -0.4 is 15.0 Å². The van der Waals surface area contributed by atoms with Crippen LogP contribution in [0.1, 0.15) is 44.7 Å². The first-order chi connectivity index (χ1) is 12.7. The number of nitrogens with one attached hydrogen (secondary N) is 1. The number of aromatic nitrogens is 1. The number of amides is 2. The molecule has 140 valence electrons. The molecule has 1 aromatic carbocycles. The molecule has 1 aliphatic rings. The number of carbonyl (C=O) groups excluding carboxylic acids is 1. The van der Waals surface area contributed by atoms with E-state index in [1.165, 1.54) is 4.90 Å². The minimum Gasteiger partial charge on any atom is -0.439 e. The first-order valence-corrected chi connectivity index (χ1v) is 8.71. The molecule has 27 heavy (non-hydrogen) atoms.